The molecule has 0 aromatic carbocycles. The van der Waals surface area contributed by atoms with Crippen molar-refractivity contribution in [2.24, 2.45) is 10.9 Å². The lowest BCUT2D eigenvalue weighted by molar-refractivity contribution is 0.375. The summed E-state index contributed by atoms with van der Waals surface area (Å²) in [5.41, 5.74) is 0. The minimum absolute atomic E-state index is 0.804. The fourth-order valence-electron chi connectivity index (χ4n) is 1.93. The van der Waals surface area contributed by atoms with Crippen LogP contribution in [0.3, 0.4) is 0 Å². The predicted octanol–water partition coefficient (Wildman–Crippen LogP) is 0.721. The molecule has 0 aliphatic carbocycles. The highest BCUT2D eigenvalue weighted by atomic mass is 32.2. The van der Waals surface area contributed by atoms with Crippen LogP contribution in [0.5, 0.6) is 0 Å². The Hall–Kier alpha value is -0.220. The van der Waals surface area contributed by atoms with Gasteiger partial charge in [-0.05, 0) is 31.8 Å². The summed E-state index contributed by atoms with van der Waals surface area (Å²) in [5.74, 6) is 4.29. The van der Waals surface area contributed by atoms with Crippen molar-refractivity contribution in [1.82, 2.24) is 10.6 Å². The zero-order valence-corrected chi connectivity index (χ0v) is 9.41. The van der Waals surface area contributed by atoms with Crippen LogP contribution in [0.4, 0.5) is 0 Å². The minimum atomic E-state index is 0.804. The van der Waals surface area contributed by atoms with Crippen LogP contribution in [0.2, 0.25) is 0 Å². The van der Waals surface area contributed by atoms with Gasteiger partial charge >= 0.3 is 0 Å². The van der Waals surface area contributed by atoms with Crippen LogP contribution in [0.15, 0.2) is 4.99 Å². The molecule has 0 aromatic heterocycles. The molecule has 2 heterocycles. The molecule has 14 heavy (non-hydrogen) atoms. The molecule has 1 atom stereocenters. The third kappa shape index (κ3) is 3.17. The molecule has 80 valence electrons. The standard InChI is InChI=1S/C10H19N3S/c1-2-9(6-11-3-1)7-13-10-8-14-5-4-12-10/h9,11H,1-8H2,(H,12,13). The quantitative estimate of drug-likeness (QED) is 0.710. The number of amidine groups is 1. The van der Waals surface area contributed by atoms with E-state index in [9.17, 15) is 0 Å². The number of hydrogen-bond donors (Lipinski definition) is 2. The first-order chi connectivity index (χ1) is 6.95. The Kier molecular flexibility index (Phi) is 4.13. The van der Waals surface area contributed by atoms with Crippen LogP contribution in [-0.4, -0.2) is 43.5 Å². The van der Waals surface area contributed by atoms with Gasteiger partial charge in [0, 0.05) is 12.3 Å². The number of nitrogens with zero attached hydrogens (tertiary/aromatic N) is 1. The molecule has 2 rings (SSSR count). The number of aliphatic imine (C=N–C) groups is 1. The van der Waals surface area contributed by atoms with Crippen molar-refractivity contribution >= 4 is 17.6 Å². The van der Waals surface area contributed by atoms with Gasteiger partial charge in [-0.1, -0.05) is 0 Å². The largest absolute Gasteiger partial charge is 0.373 e. The number of thioether (sulfide) groups is 1. The lowest BCUT2D eigenvalue weighted by atomic mass is 10.00. The molecule has 3 nitrogen and oxygen atoms in total. The molecule has 4 heteroatoms. The Bertz CT molecular complexity index is 200. The average molecular weight is 213 g/mol. The molecule has 0 spiro atoms. The maximum Gasteiger partial charge on any atom is 0.106 e. The van der Waals surface area contributed by atoms with E-state index in [-0.39, 0.29) is 0 Å². The van der Waals surface area contributed by atoms with Crippen molar-refractivity contribution in [3.8, 4) is 0 Å². The van der Waals surface area contributed by atoms with Crippen LogP contribution in [0.25, 0.3) is 0 Å². The smallest absolute Gasteiger partial charge is 0.106 e. The summed E-state index contributed by atoms with van der Waals surface area (Å²) in [5, 5.41) is 6.92. The molecule has 2 aliphatic heterocycles. The highest BCUT2D eigenvalue weighted by Gasteiger charge is 2.13. The third-order valence-electron chi connectivity index (χ3n) is 2.77. The SMILES string of the molecule is C1CNCC(CNC2=NCCSC2)C1. The summed E-state index contributed by atoms with van der Waals surface area (Å²) >= 11 is 1.98. The molecule has 2 N–H and O–H groups in total. The van der Waals surface area contributed by atoms with Gasteiger partial charge in [0.05, 0.1) is 12.3 Å². The van der Waals surface area contributed by atoms with E-state index in [0.29, 0.717) is 0 Å². The summed E-state index contributed by atoms with van der Waals surface area (Å²) < 4.78 is 0. The lowest BCUT2D eigenvalue weighted by Crippen LogP contribution is -2.39. The molecule has 0 amide bonds. The zero-order valence-electron chi connectivity index (χ0n) is 8.59. The molecule has 0 saturated carbocycles. The van der Waals surface area contributed by atoms with Gasteiger partial charge in [-0.2, -0.15) is 11.8 Å². The molecular weight excluding hydrogens is 194 g/mol. The van der Waals surface area contributed by atoms with Gasteiger partial charge in [0.1, 0.15) is 5.84 Å². The van der Waals surface area contributed by atoms with Gasteiger partial charge in [-0.3, -0.25) is 4.99 Å². The van der Waals surface area contributed by atoms with Crippen molar-refractivity contribution < 1.29 is 0 Å². The Labute approximate surface area is 90.1 Å². The zero-order chi connectivity index (χ0) is 9.64. The first-order valence-electron chi connectivity index (χ1n) is 5.51. The Morgan fingerprint density at radius 2 is 2.57 bits per heavy atom. The van der Waals surface area contributed by atoms with E-state index < -0.39 is 0 Å². The molecule has 1 saturated heterocycles. The second-order valence-corrected chi connectivity index (χ2v) is 5.08. The normalized spacial score (nSPS) is 28.3. The van der Waals surface area contributed by atoms with E-state index >= 15 is 0 Å². The fourth-order valence-corrected chi connectivity index (χ4v) is 2.68. The van der Waals surface area contributed by atoms with Gasteiger partial charge in [0.25, 0.3) is 0 Å². The van der Waals surface area contributed by atoms with Crippen LogP contribution in [0, 0.1) is 5.92 Å². The van der Waals surface area contributed by atoms with Crippen molar-refractivity contribution in [2.45, 2.75) is 12.8 Å². The second-order valence-electron chi connectivity index (χ2n) is 3.97. The maximum absolute atomic E-state index is 4.48. The summed E-state index contributed by atoms with van der Waals surface area (Å²) in [4.78, 5) is 4.48. The van der Waals surface area contributed by atoms with Gasteiger partial charge in [0.2, 0.25) is 0 Å². The summed E-state index contributed by atoms with van der Waals surface area (Å²) in [6, 6.07) is 0. The summed E-state index contributed by atoms with van der Waals surface area (Å²) in [6.07, 6.45) is 2.69. The lowest BCUT2D eigenvalue weighted by Gasteiger charge is -2.24. The topological polar surface area (TPSA) is 36.4 Å². The second kappa shape index (κ2) is 5.61. The number of piperidine rings is 1. The van der Waals surface area contributed by atoms with Gasteiger partial charge in [0.15, 0.2) is 0 Å². The molecule has 2 aliphatic rings. The first kappa shape index (κ1) is 10.3. The van der Waals surface area contributed by atoms with Crippen molar-refractivity contribution in [3.05, 3.63) is 0 Å². The van der Waals surface area contributed by atoms with Gasteiger partial charge in [-0.15, -0.1) is 0 Å². The van der Waals surface area contributed by atoms with Gasteiger partial charge < -0.3 is 10.6 Å². The Morgan fingerprint density at radius 3 is 3.29 bits per heavy atom. The van der Waals surface area contributed by atoms with E-state index in [0.717, 1.165) is 24.8 Å². The van der Waals surface area contributed by atoms with E-state index in [4.69, 9.17) is 0 Å². The fraction of sp³-hybridized carbons (Fsp3) is 0.900. The van der Waals surface area contributed by atoms with Crippen LogP contribution >= 0.6 is 11.8 Å². The summed E-state index contributed by atoms with van der Waals surface area (Å²) in [6.45, 7) is 4.48. The molecule has 0 aromatic rings. The average Bonchev–Trinajstić information content (AvgIpc) is 2.29. The van der Waals surface area contributed by atoms with Crippen molar-refractivity contribution in [2.75, 3.05) is 37.7 Å². The molecule has 0 radical (unpaired) electrons. The number of rotatable bonds is 2. The monoisotopic (exact) mass is 213 g/mol. The maximum atomic E-state index is 4.48. The van der Waals surface area contributed by atoms with Crippen LogP contribution in [0.1, 0.15) is 12.8 Å². The Morgan fingerprint density at radius 1 is 1.57 bits per heavy atom. The molecule has 1 fully saturated rings. The third-order valence-corrected chi connectivity index (χ3v) is 3.72. The summed E-state index contributed by atoms with van der Waals surface area (Å²) in [7, 11) is 0. The van der Waals surface area contributed by atoms with E-state index in [1.807, 2.05) is 11.8 Å². The number of hydrogen-bond acceptors (Lipinski definition) is 4. The van der Waals surface area contributed by atoms with E-state index in [1.54, 1.807) is 0 Å². The first-order valence-corrected chi connectivity index (χ1v) is 6.66. The molecular formula is C10H19N3S. The van der Waals surface area contributed by atoms with Crippen LogP contribution < -0.4 is 10.6 Å². The highest BCUT2D eigenvalue weighted by Crippen LogP contribution is 2.09. The van der Waals surface area contributed by atoms with Crippen molar-refractivity contribution in [3.63, 3.8) is 0 Å². The number of nitrogens with one attached hydrogen (secondary N) is 2. The van der Waals surface area contributed by atoms with Crippen LogP contribution in [-0.2, 0) is 0 Å². The predicted molar refractivity (Wildman–Crippen MR) is 63.2 cm³/mol. The highest BCUT2D eigenvalue weighted by molar-refractivity contribution is 8.00. The van der Waals surface area contributed by atoms with E-state index in [1.165, 1.54) is 37.5 Å². The molecule has 0 bridgehead atoms. The molecule has 1 unspecified atom stereocenters. The Balaban J connectivity index is 1.67. The van der Waals surface area contributed by atoms with Gasteiger partial charge in [-0.25, -0.2) is 0 Å². The van der Waals surface area contributed by atoms with E-state index in [2.05, 4.69) is 15.6 Å². The van der Waals surface area contributed by atoms with Crippen molar-refractivity contribution in [1.29, 1.82) is 0 Å². The minimum Gasteiger partial charge on any atom is -0.373 e.